The van der Waals surface area contributed by atoms with Gasteiger partial charge < -0.3 is 9.47 Å². The van der Waals surface area contributed by atoms with Crippen LogP contribution in [0.25, 0.3) is 0 Å². The molecule has 0 saturated heterocycles. The zero-order chi connectivity index (χ0) is 22.4. The minimum Gasteiger partial charge on any atom is -0.427 e. The molecule has 2 aromatic carbocycles. The zero-order valence-electron chi connectivity index (χ0n) is 17.4. The smallest absolute Gasteiger partial charge is 0.311 e. The van der Waals surface area contributed by atoms with Crippen LogP contribution in [0.15, 0.2) is 48.5 Å². The van der Waals surface area contributed by atoms with E-state index in [1.807, 2.05) is 0 Å². The van der Waals surface area contributed by atoms with Gasteiger partial charge in [-0.05, 0) is 63.1 Å². The predicted octanol–water partition coefficient (Wildman–Crippen LogP) is 4.43. The van der Waals surface area contributed by atoms with E-state index < -0.39 is 23.1 Å². The highest BCUT2D eigenvalue weighted by molar-refractivity contribution is 5.80. The summed E-state index contributed by atoms with van der Waals surface area (Å²) in [7, 11) is 0. The van der Waals surface area contributed by atoms with E-state index in [-0.39, 0.29) is 12.8 Å². The molecule has 0 spiro atoms. The molecule has 162 valence electrons. The molecule has 0 aliphatic heterocycles. The molecule has 0 heterocycles. The fourth-order valence-corrected chi connectivity index (χ4v) is 2.52. The van der Waals surface area contributed by atoms with E-state index in [9.17, 15) is 9.59 Å². The molecule has 0 amide bonds. The van der Waals surface area contributed by atoms with Crippen molar-refractivity contribution in [3.8, 4) is 11.5 Å². The van der Waals surface area contributed by atoms with Gasteiger partial charge in [0.15, 0.2) is 0 Å². The fourth-order valence-electron chi connectivity index (χ4n) is 2.52. The summed E-state index contributed by atoms with van der Waals surface area (Å²) in [6, 6.07) is 13.0. The highest BCUT2D eigenvalue weighted by Gasteiger charge is 2.22. The van der Waals surface area contributed by atoms with Crippen molar-refractivity contribution in [1.82, 2.24) is 0 Å². The normalized spacial score (nSPS) is 11.8. The van der Waals surface area contributed by atoms with Crippen molar-refractivity contribution in [3.63, 3.8) is 0 Å². The van der Waals surface area contributed by atoms with E-state index >= 15 is 0 Å². The summed E-state index contributed by atoms with van der Waals surface area (Å²) in [5.41, 5.74) is -0.363. The largest absolute Gasteiger partial charge is 0.427 e. The highest BCUT2D eigenvalue weighted by atomic mass is 17.1. The molecule has 0 aromatic heterocycles. The molecular formula is C22H26O8. The van der Waals surface area contributed by atoms with Crippen LogP contribution in [0.2, 0.25) is 0 Å². The number of ether oxygens (including phenoxy) is 2. The lowest BCUT2D eigenvalue weighted by molar-refractivity contribution is -0.318. The summed E-state index contributed by atoms with van der Waals surface area (Å²) >= 11 is 0. The van der Waals surface area contributed by atoms with Gasteiger partial charge in [0.1, 0.15) is 22.7 Å². The number of esters is 2. The Morgan fingerprint density at radius 3 is 1.23 bits per heavy atom. The number of carbonyl (C=O) groups excluding carboxylic acids is 2. The molecule has 0 atom stereocenters. The van der Waals surface area contributed by atoms with Gasteiger partial charge in [0.2, 0.25) is 0 Å². The van der Waals surface area contributed by atoms with E-state index in [1.165, 1.54) is 0 Å². The van der Waals surface area contributed by atoms with E-state index in [0.717, 1.165) is 0 Å². The van der Waals surface area contributed by atoms with Crippen molar-refractivity contribution in [1.29, 1.82) is 0 Å². The molecule has 8 heteroatoms. The van der Waals surface area contributed by atoms with Crippen molar-refractivity contribution in [2.75, 3.05) is 0 Å². The van der Waals surface area contributed by atoms with Gasteiger partial charge in [-0.1, -0.05) is 24.3 Å². The van der Waals surface area contributed by atoms with Crippen molar-refractivity contribution in [2.24, 2.45) is 0 Å². The minimum absolute atomic E-state index is 0.144. The number of hydrogen-bond acceptors (Lipinski definition) is 8. The van der Waals surface area contributed by atoms with Crippen LogP contribution in [0.4, 0.5) is 0 Å². The van der Waals surface area contributed by atoms with Crippen molar-refractivity contribution in [2.45, 2.75) is 51.7 Å². The summed E-state index contributed by atoms with van der Waals surface area (Å²) in [5, 5.41) is 17.8. The van der Waals surface area contributed by atoms with Crippen LogP contribution in [0.5, 0.6) is 11.5 Å². The van der Waals surface area contributed by atoms with E-state index in [1.54, 1.807) is 76.2 Å². The molecule has 0 radical (unpaired) electrons. The Morgan fingerprint density at radius 1 is 0.667 bits per heavy atom. The molecule has 0 fully saturated rings. The Labute approximate surface area is 174 Å². The van der Waals surface area contributed by atoms with Gasteiger partial charge in [0.25, 0.3) is 0 Å². The van der Waals surface area contributed by atoms with E-state index in [0.29, 0.717) is 22.6 Å². The van der Waals surface area contributed by atoms with Crippen molar-refractivity contribution in [3.05, 3.63) is 59.7 Å². The lowest BCUT2D eigenvalue weighted by atomic mass is 9.98. The topological polar surface area (TPSA) is 112 Å². The maximum absolute atomic E-state index is 12.0. The third kappa shape index (κ3) is 6.36. The van der Waals surface area contributed by atoms with Crippen molar-refractivity contribution >= 4 is 11.9 Å². The summed E-state index contributed by atoms with van der Waals surface area (Å²) in [6.45, 7) is 6.76. The molecular weight excluding hydrogens is 392 g/mol. The SMILES string of the molecule is CC(C)(OO)c1ccc(OC(=O)CCC(=O)Oc2ccc(C(C)(C)OO)cc2)cc1. The number of benzene rings is 2. The number of rotatable bonds is 9. The van der Waals surface area contributed by atoms with Crippen LogP contribution >= 0.6 is 0 Å². The Kier molecular flexibility index (Phi) is 7.69. The zero-order valence-corrected chi connectivity index (χ0v) is 17.4. The van der Waals surface area contributed by atoms with E-state index in [2.05, 4.69) is 9.78 Å². The van der Waals surface area contributed by atoms with Gasteiger partial charge in [0.05, 0.1) is 12.8 Å². The Bertz CT molecular complexity index is 780. The maximum Gasteiger partial charge on any atom is 0.311 e. The molecule has 2 rings (SSSR count). The minimum atomic E-state index is -0.884. The van der Waals surface area contributed by atoms with Gasteiger partial charge in [-0.25, -0.2) is 9.78 Å². The summed E-state index contributed by atoms with van der Waals surface area (Å²) in [4.78, 5) is 32.7. The second-order valence-corrected chi connectivity index (χ2v) is 7.70. The molecule has 0 bridgehead atoms. The van der Waals surface area contributed by atoms with Crippen LogP contribution < -0.4 is 9.47 Å². The molecule has 2 N–H and O–H groups in total. The first-order valence-electron chi connectivity index (χ1n) is 9.35. The Balaban J connectivity index is 1.82. The fraction of sp³-hybridized carbons (Fsp3) is 0.364. The number of carbonyl (C=O) groups is 2. The van der Waals surface area contributed by atoms with Gasteiger partial charge in [-0.2, -0.15) is 0 Å². The van der Waals surface area contributed by atoms with E-state index in [4.69, 9.17) is 20.0 Å². The average molecular weight is 418 g/mol. The third-order valence-corrected chi connectivity index (χ3v) is 4.55. The lowest BCUT2D eigenvalue weighted by Gasteiger charge is -2.21. The summed E-state index contributed by atoms with van der Waals surface area (Å²) in [5.74, 6) is -0.519. The van der Waals surface area contributed by atoms with Crippen LogP contribution in [0, 0.1) is 0 Å². The molecule has 30 heavy (non-hydrogen) atoms. The van der Waals surface area contributed by atoms with Crippen LogP contribution in [0.1, 0.15) is 51.7 Å². The van der Waals surface area contributed by atoms with Crippen LogP contribution in [0.3, 0.4) is 0 Å². The third-order valence-electron chi connectivity index (χ3n) is 4.55. The van der Waals surface area contributed by atoms with Crippen LogP contribution in [-0.4, -0.2) is 22.5 Å². The molecule has 2 aromatic rings. The second kappa shape index (κ2) is 9.82. The summed E-state index contributed by atoms with van der Waals surface area (Å²) < 4.78 is 10.4. The quantitative estimate of drug-likeness (QED) is 0.266. The van der Waals surface area contributed by atoms with Gasteiger partial charge in [0, 0.05) is 0 Å². The first-order chi connectivity index (χ1) is 14.1. The predicted molar refractivity (Wildman–Crippen MR) is 107 cm³/mol. The number of hydrogen-bond donors (Lipinski definition) is 2. The molecule has 8 nitrogen and oxygen atoms in total. The maximum atomic E-state index is 12.0. The monoisotopic (exact) mass is 418 g/mol. The molecule has 0 saturated carbocycles. The average Bonchev–Trinajstić information content (AvgIpc) is 2.73. The Hall–Kier alpha value is -2.78. The highest BCUT2D eigenvalue weighted by Crippen LogP contribution is 2.26. The second-order valence-electron chi connectivity index (χ2n) is 7.70. The standard InChI is InChI=1S/C22H26O8/c1-21(2,29-25)15-5-9-17(10-6-15)27-19(23)13-14-20(24)28-18-11-7-16(8-12-18)22(3,4)30-26/h5-12,25-26H,13-14H2,1-4H3. The van der Waals surface area contributed by atoms with Crippen LogP contribution in [-0.2, 0) is 30.6 Å². The first kappa shape index (κ1) is 23.5. The lowest BCUT2D eigenvalue weighted by Crippen LogP contribution is -2.19. The van der Waals surface area contributed by atoms with Gasteiger partial charge in [-0.3, -0.25) is 20.1 Å². The first-order valence-corrected chi connectivity index (χ1v) is 9.35. The van der Waals surface area contributed by atoms with Gasteiger partial charge in [-0.15, -0.1) is 0 Å². The molecule has 0 aliphatic carbocycles. The van der Waals surface area contributed by atoms with Crippen molar-refractivity contribution < 1.29 is 39.4 Å². The molecule has 0 aliphatic rings. The molecule has 0 unspecified atom stereocenters. The van der Waals surface area contributed by atoms with Gasteiger partial charge >= 0.3 is 11.9 Å². The Morgan fingerprint density at radius 2 is 0.967 bits per heavy atom. The summed E-state index contributed by atoms with van der Waals surface area (Å²) in [6.07, 6.45) is -0.287.